The molecule has 0 spiro atoms. The summed E-state index contributed by atoms with van der Waals surface area (Å²) in [6.45, 7) is 7.76. The van der Waals surface area contributed by atoms with E-state index in [-0.39, 0.29) is 35.5 Å². The largest absolute Gasteiger partial charge is 0.497 e. The van der Waals surface area contributed by atoms with Crippen molar-refractivity contribution in [1.82, 2.24) is 10.6 Å². The van der Waals surface area contributed by atoms with Crippen LogP contribution in [0.2, 0.25) is 0 Å². The van der Waals surface area contributed by atoms with Gasteiger partial charge in [0.05, 0.1) is 19.8 Å². The average molecular weight is 519 g/mol. The summed E-state index contributed by atoms with van der Waals surface area (Å²) >= 11 is 0. The van der Waals surface area contributed by atoms with Crippen molar-refractivity contribution in [2.75, 3.05) is 33.4 Å². The highest BCUT2D eigenvalue weighted by molar-refractivity contribution is 14.0. The molecule has 0 bridgehead atoms. The molecule has 2 unspecified atom stereocenters. The maximum atomic E-state index is 10.4. The molecule has 29 heavy (non-hydrogen) atoms. The summed E-state index contributed by atoms with van der Waals surface area (Å²) in [7, 11) is 1.67. The van der Waals surface area contributed by atoms with Crippen LogP contribution in [0.5, 0.6) is 5.75 Å². The molecule has 0 radical (unpaired) electrons. The van der Waals surface area contributed by atoms with E-state index in [1.165, 1.54) is 6.42 Å². The van der Waals surface area contributed by atoms with E-state index in [0.717, 1.165) is 62.7 Å². The smallest absolute Gasteiger partial charge is 0.191 e. The first-order chi connectivity index (χ1) is 13.6. The fourth-order valence-corrected chi connectivity index (χ4v) is 3.47. The van der Waals surface area contributed by atoms with Crippen molar-refractivity contribution in [2.24, 2.45) is 10.4 Å². The molecule has 2 rings (SSSR count). The Morgan fingerprint density at radius 3 is 2.66 bits per heavy atom. The van der Waals surface area contributed by atoms with Crippen LogP contribution in [0.15, 0.2) is 29.3 Å². The molecule has 7 heteroatoms. The van der Waals surface area contributed by atoms with E-state index in [1.54, 1.807) is 7.11 Å². The normalized spacial score (nSPS) is 21.9. The zero-order valence-corrected chi connectivity index (χ0v) is 20.4. The average Bonchev–Trinajstić information content (AvgIpc) is 2.72. The van der Waals surface area contributed by atoms with Gasteiger partial charge in [-0.2, -0.15) is 0 Å². The van der Waals surface area contributed by atoms with Gasteiger partial charge >= 0.3 is 0 Å². The van der Waals surface area contributed by atoms with Gasteiger partial charge in [-0.3, -0.25) is 0 Å². The first-order valence-corrected chi connectivity index (χ1v) is 10.5. The molecule has 0 aliphatic heterocycles. The van der Waals surface area contributed by atoms with Crippen molar-refractivity contribution in [3.8, 4) is 5.75 Å². The Morgan fingerprint density at radius 1 is 1.24 bits per heavy atom. The number of nitrogens with zero attached hydrogens (tertiary/aromatic N) is 1. The first-order valence-electron chi connectivity index (χ1n) is 10.5. The number of hydrogen-bond donors (Lipinski definition) is 3. The van der Waals surface area contributed by atoms with E-state index in [9.17, 15) is 5.11 Å². The highest BCUT2D eigenvalue weighted by Crippen LogP contribution is 2.35. The molecule has 0 amide bonds. The standard InChI is InChI=1S/C22H37N3O3.HI/c1-4-28-15-7-14-23-21(24-16-18-9-11-19(27-3)12-10-18)25-17-22(2)13-6-5-8-20(22)26;/h9-12,20,26H,4-8,13-17H2,1-3H3,(H2,23,24,25);1H. The van der Waals surface area contributed by atoms with Gasteiger partial charge in [0.1, 0.15) is 5.75 Å². The third kappa shape index (κ3) is 9.09. The lowest BCUT2D eigenvalue weighted by molar-refractivity contribution is 0.00397. The lowest BCUT2D eigenvalue weighted by Crippen LogP contribution is -2.48. The number of aliphatic hydroxyl groups excluding tert-OH is 1. The third-order valence-electron chi connectivity index (χ3n) is 5.48. The van der Waals surface area contributed by atoms with Gasteiger partial charge in [-0.25, -0.2) is 4.99 Å². The molecule has 3 N–H and O–H groups in total. The molecule has 1 aromatic rings. The van der Waals surface area contributed by atoms with Gasteiger partial charge in [0.25, 0.3) is 0 Å². The van der Waals surface area contributed by atoms with Gasteiger partial charge in [-0.05, 0) is 43.9 Å². The minimum atomic E-state index is -0.255. The molecule has 0 aromatic heterocycles. The Labute approximate surface area is 192 Å². The van der Waals surface area contributed by atoms with Crippen LogP contribution in [0, 0.1) is 5.41 Å². The van der Waals surface area contributed by atoms with Crippen LogP contribution in [0.3, 0.4) is 0 Å². The maximum absolute atomic E-state index is 10.4. The van der Waals surface area contributed by atoms with Crippen LogP contribution >= 0.6 is 24.0 Å². The van der Waals surface area contributed by atoms with Gasteiger partial charge in [0, 0.05) is 31.7 Å². The number of ether oxygens (including phenoxy) is 2. The Bertz CT molecular complexity index is 597. The van der Waals surface area contributed by atoms with Crippen LogP contribution in [-0.4, -0.2) is 50.6 Å². The van der Waals surface area contributed by atoms with E-state index in [2.05, 4.69) is 17.6 Å². The molecule has 1 fully saturated rings. The van der Waals surface area contributed by atoms with Gasteiger partial charge in [0.2, 0.25) is 0 Å². The SMILES string of the molecule is CCOCCCNC(=NCc1ccc(OC)cc1)NCC1(C)CCCCC1O.I. The van der Waals surface area contributed by atoms with Crippen LogP contribution in [0.4, 0.5) is 0 Å². The van der Waals surface area contributed by atoms with E-state index in [4.69, 9.17) is 14.5 Å². The minimum Gasteiger partial charge on any atom is -0.497 e. The molecule has 0 heterocycles. The van der Waals surface area contributed by atoms with Crippen molar-refractivity contribution >= 4 is 29.9 Å². The predicted octanol–water partition coefficient (Wildman–Crippen LogP) is 3.72. The summed E-state index contributed by atoms with van der Waals surface area (Å²) in [5.74, 6) is 1.63. The molecule has 1 aliphatic carbocycles. The number of hydrogen-bond acceptors (Lipinski definition) is 4. The number of nitrogens with one attached hydrogen (secondary N) is 2. The highest BCUT2D eigenvalue weighted by Gasteiger charge is 2.35. The second-order valence-electron chi connectivity index (χ2n) is 7.76. The monoisotopic (exact) mass is 519 g/mol. The molecule has 1 aliphatic rings. The third-order valence-corrected chi connectivity index (χ3v) is 5.48. The number of aliphatic imine (C=N–C) groups is 1. The molecule has 166 valence electrons. The van der Waals surface area contributed by atoms with Crippen molar-refractivity contribution in [3.05, 3.63) is 29.8 Å². The van der Waals surface area contributed by atoms with E-state index < -0.39 is 0 Å². The predicted molar refractivity (Wildman–Crippen MR) is 129 cm³/mol. The second kappa shape index (κ2) is 14.0. The van der Waals surface area contributed by atoms with Gasteiger partial charge < -0.3 is 25.2 Å². The molecule has 0 saturated heterocycles. The molecular formula is C22H38IN3O3. The Balaban J connectivity index is 0.00000420. The van der Waals surface area contributed by atoms with Gasteiger partial charge in [-0.15, -0.1) is 24.0 Å². The van der Waals surface area contributed by atoms with Crippen LogP contribution in [0.1, 0.15) is 51.5 Å². The van der Waals surface area contributed by atoms with E-state index >= 15 is 0 Å². The fourth-order valence-electron chi connectivity index (χ4n) is 3.47. The van der Waals surface area contributed by atoms with Crippen molar-refractivity contribution in [1.29, 1.82) is 0 Å². The van der Waals surface area contributed by atoms with Crippen LogP contribution < -0.4 is 15.4 Å². The van der Waals surface area contributed by atoms with E-state index in [1.807, 2.05) is 31.2 Å². The summed E-state index contributed by atoms with van der Waals surface area (Å²) in [6, 6.07) is 7.96. The molecule has 1 aromatic carbocycles. The second-order valence-corrected chi connectivity index (χ2v) is 7.76. The quantitative estimate of drug-likeness (QED) is 0.190. The first kappa shape index (κ1) is 26.0. The topological polar surface area (TPSA) is 75.1 Å². The molecule has 2 atom stereocenters. The number of halogens is 1. The van der Waals surface area contributed by atoms with Crippen LogP contribution in [-0.2, 0) is 11.3 Å². The van der Waals surface area contributed by atoms with Crippen molar-refractivity contribution < 1.29 is 14.6 Å². The highest BCUT2D eigenvalue weighted by atomic mass is 127. The van der Waals surface area contributed by atoms with Crippen molar-refractivity contribution in [3.63, 3.8) is 0 Å². The summed E-state index contributed by atoms with van der Waals surface area (Å²) in [6.07, 6.45) is 4.89. The number of benzene rings is 1. The molecule has 1 saturated carbocycles. The van der Waals surface area contributed by atoms with Crippen molar-refractivity contribution in [2.45, 2.75) is 58.6 Å². The number of guanidine groups is 1. The number of rotatable bonds is 10. The Kier molecular flexibility index (Phi) is 12.6. The lowest BCUT2D eigenvalue weighted by Gasteiger charge is -2.38. The van der Waals surface area contributed by atoms with Crippen LogP contribution in [0.25, 0.3) is 0 Å². The number of aliphatic hydroxyl groups is 1. The fraction of sp³-hybridized carbons (Fsp3) is 0.682. The number of methoxy groups -OCH3 is 1. The minimum absolute atomic E-state index is 0. The Morgan fingerprint density at radius 2 is 2.00 bits per heavy atom. The maximum Gasteiger partial charge on any atom is 0.191 e. The summed E-state index contributed by atoms with van der Waals surface area (Å²) in [5, 5.41) is 17.3. The van der Waals surface area contributed by atoms with E-state index in [0.29, 0.717) is 13.1 Å². The Hall–Kier alpha value is -1.06. The van der Waals surface area contributed by atoms with Gasteiger partial charge in [-0.1, -0.05) is 31.9 Å². The summed E-state index contributed by atoms with van der Waals surface area (Å²) < 4.78 is 10.6. The molecular weight excluding hydrogens is 481 g/mol. The zero-order valence-electron chi connectivity index (χ0n) is 18.1. The lowest BCUT2D eigenvalue weighted by atomic mass is 9.73. The molecule has 6 nitrogen and oxygen atoms in total. The summed E-state index contributed by atoms with van der Waals surface area (Å²) in [4.78, 5) is 4.74. The zero-order chi connectivity index (χ0) is 20.2. The van der Waals surface area contributed by atoms with Gasteiger partial charge in [0.15, 0.2) is 5.96 Å². The summed E-state index contributed by atoms with van der Waals surface area (Å²) in [5.41, 5.74) is 1.02.